The summed E-state index contributed by atoms with van der Waals surface area (Å²) in [6.45, 7) is 0.644. The minimum Gasteiger partial charge on any atom is -0.330 e. The van der Waals surface area contributed by atoms with Crippen LogP contribution in [0.5, 0.6) is 0 Å². The molecule has 1 fully saturated rings. The third kappa shape index (κ3) is 1.67. The zero-order valence-electron chi connectivity index (χ0n) is 8.85. The quantitative estimate of drug-likeness (QED) is 0.770. The molecule has 0 bridgehead atoms. The molecule has 0 radical (unpaired) electrons. The molecule has 0 aromatic carbocycles. The lowest BCUT2D eigenvalue weighted by Gasteiger charge is -2.23. The fourth-order valence-corrected chi connectivity index (χ4v) is 1.83. The number of hydrogen-bond donors (Lipinski definition) is 1. The normalized spacial score (nSPS) is 18.9. The first-order chi connectivity index (χ1) is 6.74. The zero-order valence-corrected chi connectivity index (χ0v) is 8.85. The molecule has 1 heterocycles. The summed E-state index contributed by atoms with van der Waals surface area (Å²) in [4.78, 5) is 6.36. The Morgan fingerprint density at radius 3 is 2.86 bits per heavy atom. The van der Waals surface area contributed by atoms with Gasteiger partial charge in [0, 0.05) is 18.8 Å². The van der Waals surface area contributed by atoms with Gasteiger partial charge in [-0.25, -0.2) is 4.98 Å². The van der Waals surface area contributed by atoms with Gasteiger partial charge in [-0.1, -0.05) is 0 Å². The van der Waals surface area contributed by atoms with Crippen LogP contribution in [0, 0.1) is 0 Å². The molecule has 0 saturated heterocycles. The number of nitrogens with two attached hydrogens (primary N) is 1. The van der Waals surface area contributed by atoms with Gasteiger partial charge >= 0.3 is 0 Å². The first kappa shape index (κ1) is 9.68. The van der Waals surface area contributed by atoms with E-state index in [9.17, 15) is 0 Å². The maximum atomic E-state index is 5.77. The van der Waals surface area contributed by atoms with Gasteiger partial charge < -0.3 is 10.3 Å². The van der Waals surface area contributed by atoms with E-state index in [1.54, 1.807) is 0 Å². The van der Waals surface area contributed by atoms with Crippen LogP contribution < -0.4 is 5.73 Å². The molecule has 1 saturated carbocycles. The molecule has 0 amide bonds. The van der Waals surface area contributed by atoms with Crippen LogP contribution in [0.2, 0.25) is 0 Å². The molecule has 0 aliphatic heterocycles. The van der Waals surface area contributed by atoms with Crippen LogP contribution in [0.3, 0.4) is 0 Å². The molecule has 14 heavy (non-hydrogen) atoms. The van der Waals surface area contributed by atoms with E-state index in [1.165, 1.54) is 18.5 Å². The molecular weight excluding hydrogens is 176 g/mol. The van der Waals surface area contributed by atoms with Crippen LogP contribution in [0.1, 0.15) is 30.6 Å². The Kier molecular flexibility index (Phi) is 2.56. The third-order valence-electron chi connectivity index (χ3n) is 2.82. The molecule has 1 aliphatic rings. The Labute approximate surface area is 84.7 Å². The topological polar surface area (TPSA) is 47.1 Å². The highest BCUT2D eigenvalue weighted by molar-refractivity contribution is 5.09. The van der Waals surface area contributed by atoms with E-state index in [0.29, 0.717) is 12.6 Å². The Hall–Kier alpha value is -0.870. The molecule has 1 aliphatic carbocycles. The Bertz CT molecular complexity index is 301. The highest BCUT2D eigenvalue weighted by Crippen LogP contribution is 2.37. The maximum absolute atomic E-state index is 5.77. The SMILES string of the molecule is CN(C)C(CN)c1cncn1C1CC1. The molecule has 2 N–H and O–H groups in total. The van der Waals surface area contributed by atoms with Crippen molar-refractivity contribution in [2.45, 2.75) is 24.9 Å². The van der Waals surface area contributed by atoms with Crippen molar-refractivity contribution in [2.75, 3.05) is 20.6 Å². The van der Waals surface area contributed by atoms with Crippen LogP contribution in [-0.2, 0) is 0 Å². The third-order valence-corrected chi connectivity index (χ3v) is 2.82. The van der Waals surface area contributed by atoms with Gasteiger partial charge in [0.25, 0.3) is 0 Å². The van der Waals surface area contributed by atoms with Gasteiger partial charge in [0.15, 0.2) is 0 Å². The molecule has 1 unspecified atom stereocenters. The largest absolute Gasteiger partial charge is 0.330 e. The van der Waals surface area contributed by atoms with Crippen LogP contribution in [0.15, 0.2) is 12.5 Å². The van der Waals surface area contributed by atoms with Crippen LogP contribution in [0.4, 0.5) is 0 Å². The van der Waals surface area contributed by atoms with Crippen LogP contribution in [0.25, 0.3) is 0 Å². The smallest absolute Gasteiger partial charge is 0.0951 e. The van der Waals surface area contributed by atoms with Crippen molar-refractivity contribution in [1.82, 2.24) is 14.5 Å². The number of likely N-dealkylation sites (N-methyl/N-ethyl adjacent to an activating group) is 1. The fourth-order valence-electron chi connectivity index (χ4n) is 1.83. The molecule has 0 spiro atoms. The second-order valence-corrected chi connectivity index (χ2v) is 4.17. The van der Waals surface area contributed by atoms with E-state index < -0.39 is 0 Å². The molecule has 4 heteroatoms. The first-order valence-electron chi connectivity index (χ1n) is 5.12. The lowest BCUT2D eigenvalue weighted by molar-refractivity contribution is 0.292. The molecular formula is C10H18N4. The van der Waals surface area contributed by atoms with Crippen molar-refractivity contribution in [3.8, 4) is 0 Å². The van der Waals surface area contributed by atoms with E-state index in [1.807, 2.05) is 12.5 Å². The average molecular weight is 194 g/mol. The summed E-state index contributed by atoms with van der Waals surface area (Å²) >= 11 is 0. The summed E-state index contributed by atoms with van der Waals surface area (Å²) in [6.07, 6.45) is 6.44. The monoisotopic (exact) mass is 194 g/mol. The molecule has 1 atom stereocenters. The maximum Gasteiger partial charge on any atom is 0.0951 e. The average Bonchev–Trinajstić information content (AvgIpc) is 2.88. The fraction of sp³-hybridized carbons (Fsp3) is 0.700. The molecule has 1 aromatic rings. The number of aromatic nitrogens is 2. The number of hydrogen-bond acceptors (Lipinski definition) is 3. The van der Waals surface area contributed by atoms with E-state index in [2.05, 4.69) is 28.5 Å². The van der Waals surface area contributed by atoms with E-state index >= 15 is 0 Å². The van der Waals surface area contributed by atoms with Crippen molar-refractivity contribution < 1.29 is 0 Å². The summed E-state index contributed by atoms with van der Waals surface area (Å²) < 4.78 is 2.28. The Morgan fingerprint density at radius 2 is 2.36 bits per heavy atom. The first-order valence-corrected chi connectivity index (χ1v) is 5.12. The predicted octanol–water partition coefficient (Wildman–Crippen LogP) is 0.779. The minimum absolute atomic E-state index is 0.290. The molecule has 4 nitrogen and oxygen atoms in total. The summed E-state index contributed by atoms with van der Waals surface area (Å²) in [5, 5.41) is 0. The lowest BCUT2D eigenvalue weighted by atomic mass is 10.2. The molecule has 78 valence electrons. The van der Waals surface area contributed by atoms with E-state index in [4.69, 9.17) is 5.73 Å². The summed E-state index contributed by atoms with van der Waals surface area (Å²) in [5.74, 6) is 0. The summed E-state index contributed by atoms with van der Waals surface area (Å²) in [7, 11) is 4.11. The van der Waals surface area contributed by atoms with Crippen LogP contribution >= 0.6 is 0 Å². The second kappa shape index (κ2) is 3.71. The highest BCUT2D eigenvalue weighted by atomic mass is 15.2. The van der Waals surface area contributed by atoms with Crippen molar-refractivity contribution >= 4 is 0 Å². The minimum atomic E-state index is 0.290. The summed E-state index contributed by atoms with van der Waals surface area (Å²) in [6, 6.07) is 0.972. The van der Waals surface area contributed by atoms with Crippen LogP contribution in [-0.4, -0.2) is 35.1 Å². The van der Waals surface area contributed by atoms with E-state index in [-0.39, 0.29) is 6.04 Å². The Morgan fingerprint density at radius 1 is 1.64 bits per heavy atom. The lowest BCUT2D eigenvalue weighted by Crippen LogP contribution is -2.29. The van der Waals surface area contributed by atoms with Gasteiger partial charge in [0.1, 0.15) is 0 Å². The number of imidazole rings is 1. The van der Waals surface area contributed by atoms with Gasteiger partial charge in [0.05, 0.1) is 18.1 Å². The second-order valence-electron chi connectivity index (χ2n) is 4.17. The van der Waals surface area contributed by atoms with Gasteiger partial charge in [-0.2, -0.15) is 0 Å². The standard InChI is InChI=1S/C10H18N4/c1-13(2)9(5-11)10-6-12-7-14(10)8-3-4-8/h6-9H,3-5,11H2,1-2H3. The number of nitrogens with zero attached hydrogens (tertiary/aromatic N) is 3. The van der Waals surface area contributed by atoms with Crippen molar-refractivity contribution in [3.05, 3.63) is 18.2 Å². The van der Waals surface area contributed by atoms with E-state index in [0.717, 1.165) is 0 Å². The highest BCUT2D eigenvalue weighted by Gasteiger charge is 2.28. The zero-order chi connectivity index (χ0) is 10.1. The van der Waals surface area contributed by atoms with Crippen molar-refractivity contribution in [2.24, 2.45) is 5.73 Å². The van der Waals surface area contributed by atoms with Crippen molar-refractivity contribution in [3.63, 3.8) is 0 Å². The van der Waals surface area contributed by atoms with Crippen molar-refractivity contribution in [1.29, 1.82) is 0 Å². The molecule has 2 rings (SSSR count). The van der Waals surface area contributed by atoms with Gasteiger partial charge in [-0.05, 0) is 26.9 Å². The van der Waals surface area contributed by atoms with Gasteiger partial charge in [0.2, 0.25) is 0 Å². The van der Waals surface area contributed by atoms with Gasteiger partial charge in [-0.3, -0.25) is 4.90 Å². The summed E-state index contributed by atoms with van der Waals surface area (Å²) in [5.41, 5.74) is 7.02. The Balaban J connectivity index is 2.24. The predicted molar refractivity (Wildman–Crippen MR) is 56.0 cm³/mol. The number of rotatable bonds is 4. The van der Waals surface area contributed by atoms with Gasteiger partial charge in [-0.15, -0.1) is 0 Å². The molecule has 1 aromatic heterocycles.